The third-order valence-electron chi connectivity index (χ3n) is 5.20. The first-order chi connectivity index (χ1) is 14.8. The average Bonchev–Trinajstić information content (AvgIpc) is 2.90. The Balaban J connectivity index is 1.72. The van der Waals surface area contributed by atoms with Crippen molar-refractivity contribution in [2.24, 2.45) is 0 Å². The molecule has 0 spiro atoms. The number of thioether (sulfide) groups is 1. The molecule has 5 nitrogen and oxygen atoms in total. The molecule has 2 heterocycles. The van der Waals surface area contributed by atoms with Gasteiger partial charge in [0.15, 0.2) is 11.9 Å². The van der Waals surface area contributed by atoms with E-state index in [-0.39, 0.29) is 11.6 Å². The van der Waals surface area contributed by atoms with Gasteiger partial charge in [0.1, 0.15) is 0 Å². The second-order valence-electron chi connectivity index (χ2n) is 8.65. The number of aromatic nitrogens is 3. The SMILES string of the molecule is CCCCSc1nnc2c(n1)O[C@@H](c1ccc(C(C)(C)C)cc1)Nc1ccc(Br)cc1-2. The normalized spacial score (nSPS) is 15.3. The van der Waals surface area contributed by atoms with Crippen LogP contribution in [0.25, 0.3) is 11.3 Å². The highest BCUT2D eigenvalue weighted by molar-refractivity contribution is 9.10. The first-order valence-electron chi connectivity index (χ1n) is 10.6. The minimum Gasteiger partial charge on any atom is -0.448 e. The number of anilines is 1. The molecule has 4 rings (SSSR count). The molecule has 0 bridgehead atoms. The van der Waals surface area contributed by atoms with E-state index in [2.05, 4.69) is 83.4 Å². The molecule has 1 aromatic heterocycles. The predicted molar refractivity (Wildman–Crippen MR) is 131 cm³/mol. The first kappa shape index (κ1) is 22.1. The molecule has 1 aliphatic rings. The van der Waals surface area contributed by atoms with Gasteiger partial charge < -0.3 is 10.1 Å². The largest absolute Gasteiger partial charge is 0.448 e. The number of unbranched alkanes of at least 4 members (excludes halogenated alkanes) is 1. The number of benzene rings is 2. The Hall–Kier alpha value is -2.12. The Labute approximate surface area is 196 Å². The minimum atomic E-state index is -0.375. The van der Waals surface area contributed by atoms with E-state index in [9.17, 15) is 0 Å². The number of rotatable bonds is 5. The van der Waals surface area contributed by atoms with E-state index in [4.69, 9.17) is 9.72 Å². The van der Waals surface area contributed by atoms with Gasteiger partial charge in [0, 0.05) is 27.0 Å². The van der Waals surface area contributed by atoms with Gasteiger partial charge in [0.2, 0.25) is 11.0 Å². The van der Waals surface area contributed by atoms with Crippen molar-refractivity contribution in [2.75, 3.05) is 11.1 Å². The van der Waals surface area contributed by atoms with Gasteiger partial charge in [-0.15, -0.1) is 10.2 Å². The molecule has 1 aliphatic heterocycles. The molecule has 0 amide bonds. The van der Waals surface area contributed by atoms with E-state index in [0.717, 1.165) is 39.9 Å². The lowest BCUT2D eigenvalue weighted by molar-refractivity contribution is 0.225. The summed E-state index contributed by atoms with van der Waals surface area (Å²) in [5.41, 5.74) is 4.93. The van der Waals surface area contributed by atoms with Gasteiger partial charge in [0.25, 0.3) is 0 Å². The van der Waals surface area contributed by atoms with Crippen LogP contribution in [0.15, 0.2) is 52.1 Å². The zero-order valence-corrected chi connectivity index (χ0v) is 20.7. The van der Waals surface area contributed by atoms with Crippen LogP contribution in [0.1, 0.15) is 57.9 Å². The fourth-order valence-corrected chi connectivity index (χ4v) is 4.57. The summed E-state index contributed by atoms with van der Waals surface area (Å²) in [6, 6.07) is 14.6. The van der Waals surface area contributed by atoms with E-state index < -0.39 is 0 Å². The number of fused-ring (bicyclic) bond motifs is 3. The molecule has 31 heavy (non-hydrogen) atoms. The van der Waals surface area contributed by atoms with Gasteiger partial charge in [0.05, 0.1) is 0 Å². The van der Waals surface area contributed by atoms with Crippen LogP contribution in [0.3, 0.4) is 0 Å². The lowest BCUT2D eigenvalue weighted by Crippen LogP contribution is -2.18. The number of nitrogens with one attached hydrogen (secondary N) is 1. The summed E-state index contributed by atoms with van der Waals surface area (Å²) < 4.78 is 7.35. The van der Waals surface area contributed by atoms with Crippen molar-refractivity contribution in [3.63, 3.8) is 0 Å². The van der Waals surface area contributed by atoms with Crippen molar-refractivity contribution in [3.8, 4) is 17.1 Å². The molecule has 3 aromatic rings. The van der Waals surface area contributed by atoms with Crippen molar-refractivity contribution in [1.82, 2.24) is 15.2 Å². The Morgan fingerprint density at radius 2 is 1.87 bits per heavy atom. The number of hydrogen-bond acceptors (Lipinski definition) is 6. The summed E-state index contributed by atoms with van der Waals surface area (Å²) in [6.07, 6.45) is 1.88. The van der Waals surface area contributed by atoms with Gasteiger partial charge >= 0.3 is 0 Å². The fourth-order valence-electron chi connectivity index (χ4n) is 3.35. The average molecular weight is 499 g/mol. The zero-order chi connectivity index (χ0) is 22.0. The highest BCUT2D eigenvalue weighted by atomic mass is 79.9. The van der Waals surface area contributed by atoms with Crippen LogP contribution in [-0.4, -0.2) is 20.9 Å². The van der Waals surface area contributed by atoms with Gasteiger partial charge in [-0.2, -0.15) is 4.98 Å². The Morgan fingerprint density at radius 3 is 2.58 bits per heavy atom. The van der Waals surface area contributed by atoms with Gasteiger partial charge in [-0.3, -0.25) is 0 Å². The van der Waals surface area contributed by atoms with Crippen LogP contribution in [0.4, 0.5) is 5.69 Å². The smallest absolute Gasteiger partial charge is 0.247 e. The van der Waals surface area contributed by atoms with Gasteiger partial charge in [-0.25, -0.2) is 0 Å². The third kappa shape index (κ3) is 5.04. The van der Waals surface area contributed by atoms with Crippen LogP contribution in [0.2, 0.25) is 0 Å². The lowest BCUT2D eigenvalue weighted by Gasteiger charge is -2.22. The summed E-state index contributed by atoms with van der Waals surface area (Å²) in [5, 5.41) is 13.0. The second kappa shape index (κ2) is 9.17. The number of ether oxygens (including phenoxy) is 1. The highest BCUT2D eigenvalue weighted by Crippen LogP contribution is 2.41. The quantitative estimate of drug-likeness (QED) is 0.302. The Kier molecular flexibility index (Phi) is 6.53. The van der Waals surface area contributed by atoms with Gasteiger partial charge in [-0.05, 0) is 35.6 Å². The molecule has 162 valence electrons. The maximum Gasteiger partial charge on any atom is 0.247 e. The number of hydrogen-bond donors (Lipinski definition) is 1. The van der Waals surface area contributed by atoms with E-state index >= 15 is 0 Å². The third-order valence-corrected chi connectivity index (χ3v) is 6.61. The summed E-state index contributed by atoms with van der Waals surface area (Å²) in [4.78, 5) is 4.72. The van der Waals surface area contributed by atoms with Crippen LogP contribution < -0.4 is 10.1 Å². The standard InChI is InChI=1S/C24H27BrN4OS/c1-5-6-13-31-23-27-22-20(28-29-23)18-14-17(25)11-12-19(18)26-21(30-22)15-7-9-16(10-8-15)24(2,3)4/h7-12,14,21,26H,5-6,13H2,1-4H3/t21-/m0/s1. The topological polar surface area (TPSA) is 59.9 Å². The number of halogens is 1. The summed E-state index contributed by atoms with van der Waals surface area (Å²) >= 11 is 5.19. The second-order valence-corrected chi connectivity index (χ2v) is 10.6. The van der Waals surface area contributed by atoms with Crippen molar-refractivity contribution in [3.05, 3.63) is 58.1 Å². The van der Waals surface area contributed by atoms with E-state index in [1.54, 1.807) is 11.8 Å². The summed E-state index contributed by atoms with van der Waals surface area (Å²) in [5.74, 6) is 1.47. The van der Waals surface area contributed by atoms with Crippen molar-refractivity contribution >= 4 is 33.4 Å². The van der Waals surface area contributed by atoms with Crippen LogP contribution in [0.5, 0.6) is 5.88 Å². The van der Waals surface area contributed by atoms with Crippen molar-refractivity contribution in [2.45, 2.75) is 57.3 Å². The Morgan fingerprint density at radius 1 is 1.10 bits per heavy atom. The van der Waals surface area contributed by atoms with Crippen LogP contribution in [0, 0.1) is 0 Å². The van der Waals surface area contributed by atoms with E-state index in [1.807, 2.05) is 18.2 Å². The van der Waals surface area contributed by atoms with E-state index in [0.29, 0.717) is 16.7 Å². The molecule has 0 saturated heterocycles. The Bertz CT molecular complexity index is 1070. The summed E-state index contributed by atoms with van der Waals surface area (Å²) in [7, 11) is 0. The van der Waals surface area contributed by atoms with Crippen LogP contribution >= 0.6 is 27.7 Å². The highest BCUT2D eigenvalue weighted by Gasteiger charge is 2.27. The maximum absolute atomic E-state index is 6.38. The van der Waals surface area contributed by atoms with Gasteiger partial charge in [-0.1, -0.05) is 86.1 Å². The molecule has 0 unspecified atom stereocenters. The molecule has 0 radical (unpaired) electrons. The summed E-state index contributed by atoms with van der Waals surface area (Å²) in [6.45, 7) is 8.82. The fraction of sp³-hybridized carbons (Fsp3) is 0.375. The molecule has 2 aromatic carbocycles. The molecule has 1 atom stereocenters. The molecular weight excluding hydrogens is 472 g/mol. The molecule has 0 aliphatic carbocycles. The first-order valence-corrected chi connectivity index (χ1v) is 12.3. The molecule has 0 fully saturated rings. The minimum absolute atomic E-state index is 0.101. The number of nitrogens with zero attached hydrogens (tertiary/aromatic N) is 3. The van der Waals surface area contributed by atoms with Crippen molar-refractivity contribution < 1.29 is 4.74 Å². The molecule has 1 N–H and O–H groups in total. The lowest BCUT2D eigenvalue weighted by atomic mass is 9.86. The maximum atomic E-state index is 6.38. The molecule has 7 heteroatoms. The predicted octanol–water partition coefficient (Wildman–Crippen LogP) is 6.99. The monoisotopic (exact) mass is 498 g/mol. The van der Waals surface area contributed by atoms with E-state index in [1.165, 1.54) is 5.56 Å². The van der Waals surface area contributed by atoms with Crippen LogP contribution in [-0.2, 0) is 5.41 Å². The zero-order valence-electron chi connectivity index (χ0n) is 18.3. The molecular formula is C24H27BrN4OS. The van der Waals surface area contributed by atoms with Crippen molar-refractivity contribution in [1.29, 1.82) is 0 Å². The molecule has 0 saturated carbocycles.